The molecule has 0 aliphatic rings. The Morgan fingerprint density at radius 2 is 1.60 bits per heavy atom. The first-order valence-electron chi connectivity index (χ1n) is 7.65. The molecule has 0 heterocycles. The minimum absolute atomic E-state index is 0.145. The number of carbonyl (C=O) groups is 3. The van der Waals surface area contributed by atoms with Crippen LogP contribution >= 0.6 is 15.9 Å². The molecule has 0 saturated heterocycles. The Bertz CT molecular complexity index is 775. The quantitative estimate of drug-likeness (QED) is 0.691. The zero-order valence-electron chi connectivity index (χ0n) is 13.6. The molecule has 0 bridgehead atoms. The second-order valence-electron chi connectivity index (χ2n) is 5.32. The second kappa shape index (κ2) is 8.98. The van der Waals surface area contributed by atoms with Crippen molar-refractivity contribution in [3.8, 4) is 0 Å². The van der Waals surface area contributed by atoms with Crippen molar-refractivity contribution in [2.24, 2.45) is 0 Å². The Balaban J connectivity index is 1.79. The van der Waals surface area contributed by atoms with Crippen molar-refractivity contribution < 1.29 is 14.4 Å². The van der Waals surface area contributed by atoms with Gasteiger partial charge in [0.1, 0.15) is 0 Å². The SMILES string of the molecule is CC(=O)Nc1cccc(NC(=O)CCNC(=O)c2ccc(Br)cc2)c1. The Labute approximate surface area is 154 Å². The number of benzene rings is 2. The van der Waals surface area contributed by atoms with E-state index in [1.807, 2.05) is 0 Å². The first kappa shape index (κ1) is 18.7. The van der Waals surface area contributed by atoms with Gasteiger partial charge >= 0.3 is 0 Å². The summed E-state index contributed by atoms with van der Waals surface area (Å²) in [5, 5.41) is 8.08. The van der Waals surface area contributed by atoms with Crippen LogP contribution in [-0.2, 0) is 9.59 Å². The van der Waals surface area contributed by atoms with Gasteiger partial charge in [0.05, 0.1) is 0 Å². The Kier molecular flexibility index (Phi) is 6.71. The van der Waals surface area contributed by atoms with Gasteiger partial charge in [0.2, 0.25) is 11.8 Å². The summed E-state index contributed by atoms with van der Waals surface area (Å²) in [6.07, 6.45) is 0.145. The Hall–Kier alpha value is -2.67. The molecule has 0 aliphatic heterocycles. The monoisotopic (exact) mass is 403 g/mol. The molecular weight excluding hydrogens is 386 g/mol. The highest BCUT2D eigenvalue weighted by molar-refractivity contribution is 9.10. The molecule has 0 aromatic heterocycles. The summed E-state index contributed by atoms with van der Waals surface area (Å²) in [6.45, 7) is 1.64. The molecule has 0 saturated carbocycles. The van der Waals surface area contributed by atoms with E-state index in [9.17, 15) is 14.4 Å². The Morgan fingerprint density at radius 1 is 0.960 bits per heavy atom. The highest BCUT2D eigenvalue weighted by atomic mass is 79.9. The minimum atomic E-state index is -0.229. The summed E-state index contributed by atoms with van der Waals surface area (Å²) in [7, 11) is 0. The van der Waals surface area contributed by atoms with Gasteiger partial charge in [-0.2, -0.15) is 0 Å². The predicted octanol–water partition coefficient (Wildman–Crippen LogP) is 3.17. The summed E-state index contributed by atoms with van der Waals surface area (Å²) in [6, 6.07) is 13.8. The van der Waals surface area contributed by atoms with Gasteiger partial charge in [-0.1, -0.05) is 22.0 Å². The number of amides is 3. The topological polar surface area (TPSA) is 87.3 Å². The summed E-state index contributed by atoms with van der Waals surface area (Å²) < 4.78 is 0.893. The van der Waals surface area contributed by atoms with Crippen LogP contribution in [0.1, 0.15) is 23.7 Å². The minimum Gasteiger partial charge on any atom is -0.352 e. The summed E-state index contributed by atoms with van der Waals surface area (Å²) >= 11 is 3.31. The van der Waals surface area contributed by atoms with Crippen LogP contribution in [0.25, 0.3) is 0 Å². The molecule has 25 heavy (non-hydrogen) atoms. The molecule has 7 heteroatoms. The van der Waals surface area contributed by atoms with Crippen LogP contribution in [0.3, 0.4) is 0 Å². The first-order valence-corrected chi connectivity index (χ1v) is 8.44. The second-order valence-corrected chi connectivity index (χ2v) is 6.24. The Morgan fingerprint density at radius 3 is 2.24 bits per heavy atom. The van der Waals surface area contributed by atoms with Crippen molar-refractivity contribution in [1.29, 1.82) is 0 Å². The van der Waals surface area contributed by atoms with Crippen LogP contribution in [-0.4, -0.2) is 24.3 Å². The van der Waals surface area contributed by atoms with Gasteiger partial charge in [-0.15, -0.1) is 0 Å². The van der Waals surface area contributed by atoms with E-state index in [-0.39, 0.29) is 30.7 Å². The largest absolute Gasteiger partial charge is 0.352 e. The highest BCUT2D eigenvalue weighted by Crippen LogP contribution is 2.15. The lowest BCUT2D eigenvalue weighted by Crippen LogP contribution is -2.27. The van der Waals surface area contributed by atoms with E-state index < -0.39 is 0 Å². The van der Waals surface area contributed by atoms with E-state index >= 15 is 0 Å². The van der Waals surface area contributed by atoms with Crippen molar-refractivity contribution in [3.05, 3.63) is 58.6 Å². The van der Waals surface area contributed by atoms with Crippen molar-refractivity contribution in [3.63, 3.8) is 0 Å². The van der Waals surface area contributed by atoms with E-state index in [0.717, 1.165) is 4.47 Å². The lowest BCUT2D eigenvalue weighted by molar-refractivity contribution is -0.116. The molecule has 0 fully saturated rings. The van der Waals surface area contributed by atoms with Gasteiger partial charge in [-0.25, -0.2) is 0 Å². The maximum Gasteiger partial charge on any atom is 0.251 e. The van der Waals surface area contributed by atoms with Gasteiger partial charge < -0.3 is 16.0 Å². The third-order valence-corrected chi connectivity index (χ3v) is 3.74. The predicted molar refractivity (Wildman–Crippen MR) is 100 cm³/mol. The van der Waals surface area contributed by atoms with Gasteiger partial charge in [0.15, 0.2) is 0 Å². The fourth-order valence-corrected chi connectivity index (χ4v) is 2.36. The normalized spacial score (nSPS) is 10.0. The zero-order chi connectivity index (χ0) is 18.2. The lowest BCUT2D eigenvalue weighted by atomic mass is 10.2. The molecule has 130 valence electrons. The third kappa shape index (κ3) is 6.39. The molecular formula is C18H18BrN3O3. The van der Waals surface area contributed by atoms with E-state index in [1.54, 1.807) is 48.5 Å². The highest BCUT2D eigenvalue weighted by Gasteiger charge is 2.07. The molecule has 2 aromatic carbocycles. The number of hydrogen-bond acceptors (Lipinski definition) is 3. The fraction of sp³-hybridized carbons (Fsp3) is 0.167. The molecule has 0 aliphatic carbocycles. The van der Waals surface area contributed by atoms with E-state index in [0.29, 0.717) is 16.9 Å². The molecule has 2 aromatic rings. The molecule has 0 radical (unpaired) electrons. The fourth-order valence-electron chi connectivity index (χ4n) is 2.09. The van der Waals surface area contributed by atoms with Crippen molar-refractivity contribution in [2.75, 3.05) is 17.2 Å². The van der Waals surface area contributed by atoms with E-state index in [2.05, 4.69) is 31.9 Å². The number of hydrogen-bond donors (Lipinski definition) is 3. The summed E-state index contributed by atoms with van der Waals surface area (Å²) in [5.41, 5.74) is 1.72. The summed E-state index contributed by atoms with van der Waals surface area (Å²) in [5.74, 6) is -0.636. The summed E-state index contributed by atoms with van der Waals surface area (Å²) in [4.78, 5) is 34.9. The third-order valence-electron chi connectivity index (χ3n) is 3.21. The van der Waals surface area contributed by atoms with Crippen LogP contribution < -0.4 is 16.0 Å². The van der Waals surface area contributed by atoms with Crippen LogP contribution in [0.2, 0.25) is 0 Å². The molecule has 3 N–H and O–H groups in total. The average molecular weight is 404 g/mol. The maximum absolute atomic E-state index is 12.0. The number of nitrogens with one attached hydrogen (secondary N) is 3. The molecule has 0 spiro atoms. The molecule has 6 nitrogen and oxygen atoms in total. The zero-order valence-corrected chi connectivity index (χ0v) is 15.2. The molecule has 0 atom stereocenters. The van der Waals surface area contributed by atoms with Crippen LogP contribution in [0.15, 0.2) is 53.0 Å². The smallest absolute Gasteiger partial charge is 0.251 e. The van der Waals surface area contributed by atoms with Crippen LogP contribution in [0.4, 0.5) is 11.4 Å². The average Bonchev–Trinajstić information content (AvgIpc) is 2.55. The van der Waals surface area contributed by atoms with Gasteiger partial charge in [0.25, 0.3) is 5.91 Å². The lowest BCUT2D eigenvalue weighted by Gasteiger charge is -2.09. The molecule has 2 rings (SSSR count). The standard InChI is InChI=1S/C18H18BrN3O3/c1-12(23)21-15-3-2-4-16(11-15)22-17(24)9-10-20-18(25)13-5-7-14(19)8-6-13/h2-8,11H,9-10H2,1H3,(H,20,25)(H,21,23)(H,22,24). The van der Waals surface area contributed by atoms with Gasteiger partial charge in [0, 0.05) is 41.3 Å². The number of halogens is 1. The van der Waals surface area contributed by atoms with E-state index in [4.69, 9.17) is 0 Å². The van der Waals surface area contributed by atoms with Crippen LogP contribution in [0.5, 0.6) is 0 Å². The molecule has 3 amide bonds. The van der Waals surface area contributed by atoms with Crippen molar-refractivity contribution in [1.82, 2.24) is 5.32 Å². The van der Waals surface area contributed by atoms with E-state index in [1.165, 1.54) is 6.92 Å². The van der Waals surface area contributed by atoms with Gasteiger partial charge in [-0.3, -0.25) is 14.4 Å². The maximum atomic E-state index is 12.0. The van der Waals surface area contributed by atoms with Crippen LogP contribution in [0, 0.1) is 0 Å². The molecule has 0 unspecified atom stereocenters. The van der Waals surface area contributed by atoms with Crippen molar-refractivity contribution >= 4 is 45.0 Å². The number of carbonyl (C=O) groups excluding carboxylic acids is 3. The first-order chi connectivity index (χ1) is 11.9. The number of rotatable bonds is 6. The number of anilines is 2. The van der Waals surface area contributed by atoms with Crippen molar-refractivity contribution in [2.45, 2.75) is 13.3 Å². The van der Waals surface area contributed by atoms with Gasteiger partial charge in [-0.05, 0) is 42.5 Å².